The molecule has 2 heterocycles. The highest BCUT2D eigenvalue weighted by Gasteiger charge is 2.27. The van der Waals surface area contributed by atoms with Crippen LogP contribution in [0.25, 0.3) is 11.0 Å². The maximum Gasteiger partial charge on any atom is 0.336 e. The van der Waals surface area contributed by atoms with Gasteiger partial charge in [-0.15, -0.1) is 0 Å². The fraction of sp³-hybridized carbons (Fsp3) is 0.348. The summed E-state index contributed by atoms with van der Waals surface area (Å²) in [4.78, 5) is 14.5. The minimum Gasteiger partial charge on any atom is -0.508 e. The zero-order valence-electron chi connectivity index (χ0n) is 16.3. The molecule has 1 atom stereocenters. The normalized spacial score (nSPS) is 17.3. The number of hydrogen-bond donors (Lipinski definition) is 1. The molecule has 0 saturated carbocycles. The number of nitrogens with zero attached hydrogens (tertiary/aromatic N) is 1. The van der Waals surface area contributed by atoms with Crippen LogP contribution in [0.5, 0.6) is 11.5 Å². The van der Waals surface area contributed by atoms with Crippen molar-refractivity contribution in [3.8, 4) is 11.5 Å². The van der Waals surface area contributed by atoms with Crippen LogP contribution in [-0.4, -0.2) is 23.7 Å². The highest BCUT2D eigenvalue weighted by Crippen LogP contribution is 2.35. The van der Waals surface area contributed by atoms with Gasteiger partial charge in [-0.3, -0.25) is 4.90 Å². The van der Waals surface area contributed by atoms with Crippen molar-refractivity contribution in [3.05, 3.63) is 69.6 Å². The highest BCUT2D eigenvalue weighted by atomic mass is 16.5. The molecule has 1 aliphatic rings. The summed E-state index contributed by atoms with van der Waals surface area (Å²) >= 11 is 0. The summed E-state index contributed by atoms with van der Waals surface area (Å²) in [6, 6.07) is 13.6. The van der Waals surface area contributed by atoms with Crippen molar-refractivity contribution in [3.63, 3.8) is 0 Å². The Labute approximate surface area is 164 Å². The van der Waals surface area contributed by atoms with E-state index in [4.69, 9.17) is 9.15 Å². The number of phenolic OH excluding ortho intramolecular Hbond substituents is 1. The second-order valence-corrected chi connectivity index (χ2v) is 7.32. The summed E-state index contributed by atoms with van der Waals surface area (Å²) in [5.41, 5.74) is 3.12. The minimum atomic E-state index is -0.383. The molecule has 1 saturated heterocycles. The van der Waals surface area contributed by atoms with Crippen LogP contribution in [0.1, 0.15) is 42.5 Å². The maximum absolute atomic E-state index is 12.1. The fourth-order valence-electron chi connectivity index (χ4n) is 4.16. The Hall–Kier alpha value is -2.79. The lowest BCUT2D eigenvalue weighted by molar-refractivity contribution is 0.249. The first-order valence-corrected chi connectivity index (χ1v) is 9.75. The molecule has 146 valence electrons. The van der Waals surface area contributed by atoms with Gasteiger partial charge in [0.15, 0.2) is 0 Å². The summed E-state index contributed by atoms with van der Waals surface area (Å²) < 4.78 is 10.6. The van der Waals surface area contributed by atoms with Crippen LogP contribution < -0.4 is 10.4 Å². The van der Waals surface area contributed by atoms with Gasteiger partial charge in [-0.1, -0.05) is 19.1 Å². The van der Waals surface area contributed by atoms with Crippen molar-refractivity contribution >= 4 is 11.0 Å². The molecule has 0 radical (unpaired) electrons. The molecule has 0 spiro atoms. The first-order chi connectivity index (χ1) is 13.6. The van der Waals surface area contributed by atoms with Gasteiger partial charge in [0.2, 0.25) is 0 Å². The second-order valence-electron chi connectivity index (χ2n) is 7.32. The Kier molecular flexibility index (Phi) is 5.09. The van der Waals surface area contributed by atoms with Gasteiger partial charge in [0.05, 0.1) is 7.11 Å². The first-order valence-electron chi connectivity index (χ1n) is 9.75. The Bertz CT molecular complexity index is 1040. The van der Waals surface area contributed by atoms with Gasteiger partial charge in [0.1, 0.15) is 17.1 Å². The molecule has 3 aromatic rings. The number of aryl methyl sites for hydroxylation is 1. The maximum atomic E-state index is 12.1. The lowest BCUT2D eigenvalue weighted by Gasteiger charge is -2.25. The van der Waals surface area contributed by atoms with E-state index in [9.17, 15) is 9.90 Å². The second kappa shape index (κ2) is 7.68. The average Bonchev–Trinajstić information content (AvgIpc) is 3.15. The van der Waals surface area contributed by atoms with Gasteiger partial charge >= 0.3 is 5.63 Å². The van der Waals surface area contributed by atoms with Crippen molar-refractivity contribution in [1.29, 1.82) is 0 Å². The summed E-state index contributed by atoms with van der Waals surface area (Å²) in [5.74, 6) is 1.03. The number of methoxy groups -OCH3 is 1. The summed E-state index contributed by atoms with van der Waals surface area (Å²) in [6.45, 7) is 3.66. The number of fused-ring (bicyclic) bond motifs is 1. The van der Waals surface area contributed by atoms with E-state index in [-0.39, 0.29) is 11.4 Å². The van der Waals surface area contributed by atoms with Crippen molar-refractivity contribution in [2.24, 2.45) is 0 Å². The minimum absolute atomic E-state index is 0.174. The smallest absolute Gasteiger partial charge is 0.336 e. The van der Waals surface area contributed by atoms with Crippen molar-refractivity contribution in [1.82, 2.24) is 4.90 Å². The van der Waals surface area contributed by atoms with Gasteiger partial charge in [0.25, 0.3) is 0 Å². The molecule has 5 heteroatoms. The molecule has 4 rings (SSSR count). The Morgan fingerprint density at radius 2 is 1.96 bits per heavy atom. The monoisotopic (exact) mass is 379 g/mol. The van der Waals surface area contributed by atoms with Crippen molar-refractivity contribution in [2.45, 2.75) is 38.8 Å². The molecule has 0 bridgehead atoms. The number of rotatable bonds is 5. The van der Waals surface area contributed by atoms with Crippen LogP contribution in [0.15, 0.2) is 51.7 Å². The quantitative estimate of drug-likeness (QED) is 0.666. The zero-order chi connectivity index (χ0) is 19.7. The van der Waals surface area contributed by atoms with E-state index < -0.39 is 0 Å². The zero-order valence-corrected chi connectivity index (χ0v) is 16.3. The largest absolute Gasteiger partial charge is 0.508 e. The van der Waals surface area contributed by atoms with Crippen LogP contribution >= 0.6 is 0 Å². The van der Waals surface area contributed by atoms with Crippen molar-refractivity contribution < 1.29 is 14.3 Å². The SMILES string of the molecule is CCc1cc2c(CN3CCC[C@@H]3c3ccc(OC)cc3)cc(=O)oc2cc1O. The van der Waals surface area contributed by atoms with E-state index in [1.165, 1.54) is 5.56 Å². The molecule has 1 N–H and O–H groups in total. The van der Waals surface area contributed by atoms with Crippen LogP contribution in [0.4, 0.5) is 0 Å². The summed E-state index contributed by atoms with van der Waals surface area (Å²) in [7, 11) is 1.67. The molecule has 0 amide bonds. The third-order valence-corrected chi connectivity index (χ3v) is 5.65. The number of hydrogen-bond acceptors (Lipinski definition) is 5. The topological polar surface area (TPSA) is 62.9 Å². The van der Waals surface area contributed by atoms with Crippen LogP contribution in [0, 0.1) is 0 Å². The molecular weight excluding hydrogens is 354 g/mol. The third-order valence-electron chi connectivity index (χ3n) is 5.65. The molecule has 0 aliphatic carbocycles. The first kappa shape index (κ1) is 18.6. The van der Waals surface area contributed by atoms with E-state index in [2.05, 4.69) is 17.0 Å². The van der Waals surface area contributed by atoms with E-state index in [1.54, 1.807) is 19.2 Å². The van der Waals surface area contributed by atoms with E-state index in [1.807, 2.05) is 25.1 Å². The highest BCUT2D eigenvalue weighted by molar-refractivity contribution is 5.82. The molecule has 28 heavy (non-hydrogen) atoms. The predicted octanol–water partition coefficient (Wildman–Crippen LogP) is 4.41. The van der Waals surface area contributed by atoms with Crippen molar-refractivity contribution in [2.75, 3.05) is 13.7 Å². The number of aromatic hydroxyl groups is 1. The molecule has 1 aromatic heterocycles. The lowest BCUT2D eigenvalue weighted by atomic mass is 10.0. The molecule has 2 aromatic carbocycles. The molecule has 1 fully saturated rings. The van der Waals surface area contributed by atoms with Gasteiger partial charge in [0, 0.05) is 30.1 Å². The van der Waals surface area contributed by atoms with E-state index in [0.29, 0.717) is 18.2 Å². The number of phenols is 1. The third kappa shape index (κ3) is 3.50. The Morgan fingerprint density at radius 3 is 2.68 bits per heavy atom. The Balaban J connectivity index is 1.69. The van der Waals surface area contributed by atoms with Gasteiger partial charge in [-0.2, -0.15) is 0 Å². The van der Waals surface area contributed by atoms with E-state index in [0.717, 1.165) is 48.1 Å². The standard InChI is InChI=1S/C23H25NO4/c1-3-15-11-19-17(12-23(26)28-22(19)13-21(15)25)14-24-10-4-5-20(24)16-6-8-18(27-2)9-7-16/h6-9,11-13,20,25H,3-5,10,14H2,1-2H3/t20-/m1/s1. The average molecular weight is 379 g/mol. The summed E-state index contributed by atoms with van der Waals surface area (Å²) in [6.07, 6.45) is 2.93. The fourth-order valence-corrected chi connectivity index (χ4v) is 4.16. The van der Waals surface area contributed by atoms with Gasteiger partial charge in [-0.25, -0.2) is 4.79 Å². The van der Waals surface area contributed by atoms with Crippen LogP contribution in [0.2, 0.25) is 0 Å². The number of likely N-dealkylation sites (tertiary alicyclic amines) is 1. The number of ether oxygens (including phenoxy) is 1. The summed E-state index contributed by atoms with van der Waals surface area (Å²) in [5, 5.41) is 11.0. The molecule has 5 nitrogen and oxygen atoms in total. The van der Waals surface area contributed by atoms with Gasteiger partial charge in [-0.05, 0) is 60.7 Å². The Morgan fingerprint density at radius 1 is 1.18 bits per heavy atom. The van der Waals surface area contributed by atoms with Crippen LogP contribution in [0.3, 0.4) is 0 Å². The number of benzene rings is 2. The van der Waals surface area contributed by atoms with Gasteiger partial charge < -0.3 is 14.3 Å². The molecular formula is C23H25NO4. The molecule has 0 unspecified atom stereocenters. The van der Waals surface area contributed by atoms with E-state index >= 15 is 0 Å². The predicted molar refractivity (Wildman–Crippen MR) is 109 cm³/mol. The van der Waals surface area contributed by atoms with Crippen LogP contribution in [-0.2, 0) is 13.0 Å². The lowest BCUT2D eigenvalue weighted by Crippen LogP contribution is -2.23. The molecule has 1 aliphatic heterocycles.